The summed E-state index contributed by atoms with van der Waals surface area (Å²) in [4.78, 5) is 38.2. The number of anilines is 1. The average molecular weight is 546 g/mol. The molecule has 0 atom stereocenters. The quantitative estimate of drug-likeness (QED) is 0.332. The molecular formula is C28H31N7O5. The molecule has 1 N–H and O–H groups in total. The second kappa shape index (κ2) is 11.4. The van der Waals surface area contributed by atoms with Crippen LogP contribution in [0.1, 0.15) is 34.3 Å². The van der Waals surface area contributed by atoms with Crippen LogP contribution in [-0.4, -0.2) is 93.9 Å². The molecule has 0 unspecified atom stereocenters. The third-order valence-corrected chi connectivity index (χ3v) is 7.27. The fourth-order valence-electron chi connectivity index (χ4n) is 4.85. The van der Waals surface area contributed by atoms with Crippen molar-refractivity contribution < 1.29 is 23.6 Å². The minimum Gasteiger partial charge on any atom is -0.449 e. The van der Waals surface area contributed by atoms with Crippen LogP contribution in [-0.2, 0) is 9.47 Å². The highest BCUT2D eigenvalue weighted by Crippen LogP contribution is 2.29. The zero-order valence-corrected chi connectivity index (χ0v) is 22.3. The largest absolute Gasteiger partial charge is 0.449 e. The maximum Gasteiger partial charge on any atom is 0.409 e. The number of carbonyl (C=O) groups excluding carboxylic acids is 2. The number of hydrogen-bond acceptors (Lipinski definition) is 9. The third kappa shape index (κ3) is 5.54. The van der Waals surface area contributed by atoms with Crippen LogP contribution >= 0.6 is 0 Å². The zero-order chi connectivity index (χ0) is 27.5. The summed E-state index contributed by atoms with van der Waals surface area (Å²) in [7, 11) is 0. The minimum atomic E-state index is -0.317. The fraction of sp³-hybridized carbons (Fsp3) is 0.393. The molecule has 2 aliphatic heterocycles. The van der Waals surface area contributed by atoms with Crippen molar-refractivity contribution in [2.45, 2.75) is 19.3 Å². The van der Waals surface area contributed by atoms with Crippen LogP contribution in [0, 0.1) is 6.92 Å². The van der Waals surface area contributed by atoms with Gasteiger partial charge >= 0.3 is 6.09 Å². The van der Waals surface area contributed by atoms with Gasteiger partial charge < -0.3 is 24.2 Å². The van der Waals surface area contributed by atoms with Gasteiger partial charge in [-0.05, 0) is 37.1 Å². The molecule has 208 valence electrons. The lowest BCUT2D eigenvalue weighted by Crippen LogP contribution is -2.49. The Hall–Kier alpha value is -4.29. The molecule has 2 fully saturated rings. The molecule has 5 heterocycles. The predicted octanol–water partition coefficient (Wildman–Crippen LogP) is 3.20. The Morgan fingerprint density at radius 1 is 1.15 bits per heavy atom. The number of aromatic nitrogens is 4. The summed E-state index contributed by atoms with van der Waals surface area (Å²) in [6.07, 6.45) is 3.84. The molecule has 12 nitrogen and oxygen atoms in total. The topological polar surface area (TPSA) is 127 Å². The Morgan fingerprint density at radius 3 is 2.85 bits per heavy atom. The molecule has 6 rings (SSSR count). The first-order chi connectivity index (χ1) is 19.5. The van der Waals surface area contributed by atoms with Gasteiger partial charge in [0.2, 0.25) is 11.7 Å². The number of morpholine rings is 1. The Labute approximate surface area is 230 Å². The Bertz CT molecular complexity index is 1500. The summed E-state index contributed by atoms with van der Waals surface area (Å²) >= 11 is 0. The van der Waals surface area contributed by atoms with Gasteiger partial charge in [0.1, 0.15) is 11.3 Å². The number of nitrogens with zero attached hydrogens (tertiary/aromatic N) is 6. The standard InChI is InChI=1S/C28H31N7O5/c1-19-6-7-20(15-22(19)30-26(36)23-16-29-24-5-2-3-9-35(23)24)25-31-27(40-32-25)21-17-34(18-21)28(37)39-12-4-8-33-10-13-38-14-11-33/h2-3,5-7,9,15-16,21H,4,8,10-14,17-18H2,1H3,(H,30,36). The van der Waals surface area contributed by atoms with Gasteiger partial charge in [0.25, 0.3) is 5.91 Å². The van der Waals surface area contributed by atoms with Crippen molar-refractivity contribution in [3.8, 4) is 11.4 Å². The molecule has 0 bridgehead atoms. The highest BCUT2D eigenvalue weighted by Gasteiger charge is 2.36. The Balaban J connectivity index is 1.02. The van der Waals surface area contributed by atoms with Gasteiger partial charge in [-0.25, -0.2) is 9.78 Å². The van der Waals surface area contributed by atoms with Crippen LogP contribution in [0.4, 0.5) is 10.5 Å². The Kier molecular flexibility index (Phi) is 7.43. The van der Waals surface area contributed by atoms with Crippen LogP contribution in [0.2, 0.25) is 0 Å². The first-order valence-corrected chi connectivity index (χ1v) is 13.4. The number of ether oxygens (including phenoxy) is 2. The van der Waals surface area contributed by atoms with Crippen LogP contribution in [0.15, 0.2) is 53.3 Å². The lowest BCUT2D eigenvalue weighted by atomic mass is 10.0. The molecule has 1 aromatic carbocycles. The van der Waals surface area contributed by atoms with E-state index in [9.17, 15) is 9.59 Å². The lowest BCUT2D eigenvalue weighted by molar-refractivity contribution is 0.0309. The van der Waals surface area contributed by atoms with Gasteiger partial charge in [-0.1, -0.05) is 23.4 Å². The molecule has 12 heteroatoms. The van der Waals surface area contributed by atoms with E-state index >= 15 is 0 Å². The fourth-order valence-corrected chi connectivity index (χ4v) is 4.85. The van der Waals surface area contributed by atoms with Gasteiger partial charge in [0.05, 0.1) is 31.9 Å². The number of carbonyl (C=O) groups is 2. The summed E-state index contributed by atoms with van der Waals surface area (Å²) < 4.78 is 18.0. The molecule has 0 radical (unpaired) electrons. The van der Waals surface area contributed by atoms with Crippen LogP contribution in [0.25, 0.3) is 17.0 Å². The first kappa shape index (κ1) is 26.0. The average Bonchev–Trinajstić information content (AvgIpc) is 3.60. The van der Waals surface area contributed by atoms with Crippen molar-refractivity contribution >= 4 is 23.3 Å². The van der Waals surface area contributed by atoms with E-state index in [4.69, 9.17) is 14.0 Å². The van der Waals surface area contributed by atoms with Crippen molar-refractivity contribution in [2.75, 3.05) is 57.9 Å². The lowest BCUT2D eigenvalue weighted by Gasteiger charge is -2.36. The van der Waals surface area contributed by atoms with E-state index in [-0.39, 0.29) is 17.9 Å². The van der Waals surface area contributed by atoms with Crippen molar-refractivity contribution in [3.63, 3.8) is 0 Å². The van der Waals surface area contributed by atoms with E-state index in [1.54, 1.807) is 21.7 Å². The number of amides is 2. The highest BCUT2D eigenvalue weighted by molar-refractivity contribution is 6.04. The van der Waals surface area contributed by atoms with Gasteiger partial charge in [0, 0.05) is 50.2 Å². The van der Waals surface area contributed by atoms with Gasteiger partial charge in [-0.15, -0.1) is 0 Å². The number of rotatable bonds is 8. The molecule has 3 aromatic heterocycles. The number of pyridine rings is 1. The van der Waals surface area contributed by atoms with Gasteiger partial charge in [0.15, 0.2) is 0 Å². The molecule has 2 saturated heterocycles. The third-order valence-electron chi connectivity index (χ3n) is 7.27. The molecule has 0 aliphatic carbocycles. The highest BCUT2D eigenvalue weighted by atomic mass is 16.6. The van der Waals surface area contributed by atoms with E-state index in [0.29, 0.717) is 54.0 Å². The van der Waals surface area contributed by atoms with E-state index < -0.39 is 0 Å². The number of aryl methyl sites for hydroxylation is 1. The zero-order valence-electron chi connectivity index (χ0n) is 22.3. The SMILES string of the molecule is Cc1ccc(-c2noc(C3CN(C(=O)OCCCN4CCOCC4)C3)n2)cc1NC(=O)c1cnc2ccccn12. The second-order valence-corrected chi connectivity index (χ2v) is 10.0. The van der Waals surface area contributed by atoms with Crippen molar-refractivity contribution in [2.24, 2.45) is 0 Å². The van der Waals surface area contributed by atoms with E-state index in [2.05, 4.69) is 25.3 Å². The Morgan fingerprint density at radius 2 is 2.00 bits per heavy atom. The maximum atomic E-state index is 13.0. The number of nitrogens with one attached hydrogen (secondary N) is 1. The minimum absolute atomic E-state index is 0.0399. The summed E-state index contributed by atoms with van der Waals surface area (Å²) in [6.45, 7) is 7.53. The van der Waals surface area contributed by atoms with Crippen molar-refractivity contribution in [1.29, 1.82) is 0 Å². The number of hydrogen-bond donors (Lipinski definition) is 1. The maximum absolute atomic E-state index is 13.0. The second-order valence-electron chi connectivity index (χ2n) is 10.0. The van der Waals surface area contributed by atoms with Crippen LogP contribution in [0.3, 0.4) is 0 Å². The van der Waals surface area contributed by atoms with E-state index in [1.165, 1.54) is 0 Å². The predicted molar refractivity (Wildman–Crippen MR) is 145 cm³/mol. The number of likely N-dealkylation sites (tertiary alicyclic amines) is 1. The number of fused-ring (bicyclic) bond motifs is 1. The molecule has 4 aromatic rings. The van der Waals surface area contributed by atoms with Gasteiger partial charge in [-0.2, -0.15) is 4.98 Å². The molecule has 2 aliphatic rings. The summed E-state index contributed by atoms with van der Waals surface area (Å²) in [5.41, 5.74) is 3.39. The first-order valence-electron chi connectivity index (χ1n) is 13.4. The van der Waals surface area contributed by atoms with E-state index in [1.807, 2.05) is 43.3 Å². The summed E-state index contributed by atoms with van der Waals surface area (Å²) in [5.74, 6) is 0.588. The number of benzene rings is 1. The number of imidazole rings is 1. The summed E-state index contributed by atoms with van der Waals surface area (Å²) in [5, 5.41) is 7.12. The smallest absolute Gasteiger partial charge is 0.409 e. The van der Waals surface area contributed by atoms with Crippen LogP contribution in [0.5, 0.6) is 0 Å². The molecule has 2 amide bonds. The monoisotopic (exact) mass is 545 g/mol. The molecule has 40 heavy (non-hydrogen) atoms. The molecule has 0 saturated carbocycles. The van der Waals surface area contributed by atoms with E-state index in [0.717, 1.165) is 44.8 Å². The molecule has 0 spiro atoms. The van der Waals surface area contributed by atoms with Crippen molar-refractivity contribution in [3.05, 3.63) is 65.9 Å². The van der Waals surface area contributed by atoms with Crippen molar-refractivity contribution in [1.82, 2.24) is 29.3 Å². The van der Waals surface area contributed by atoms with Gasteiger partial charge in [-0.3, -0.25) is 14.1 Å². The van der Waals surface area contributed by atoms with Crippen LogP contribution < -0.4 is 5.32 Å². The summed E-state index contributed by atoms with van der Waals surface area (Å²) in [6, 6.07) is 11.2. The molecular weight excluding hydrogens is 514 g/mol. The normalized spacial score (nSPS) is 16.2.